The zero-order valence-electron chi connectivity index (χ0n) is 10.5. The summed E-state index contributed by atoms with van der Waals surface area (Å²) in [5.41, 5.74) is 8.03. The van der Waals surface area contributed by atoms with E-state index in [4.69, 9.17) is 5.73 Å². The van der Waals surface area contributed by atoms with Crippen LogP contribution in [0.25, 0.3) is 11.4 Å². The molecule has 4 nitrogen and oxygen atoms in total. The lowest BCUT2D eigenvalue weighted by Crippen LogP contribution is -2.11. The van der Waals surface area contributed by atoms with Crippen LogP contribution in [0.2, 0.25) is 0 Å². The quantitative estimate of drug-likeness (QED) is 0.892. The van der Waals surface area contributed by atoms with Crippen molar-refractivity contribution in [3.05, 3.63) is 35.7 Å². The summed E-state index contributed by atoms with van der Waals surface area (Å²) in [6.07, 6.45) is 4.41. The molecule has 94 valence electrons. The highest BCUT2D eigenvalue weighted by atomic mass is 15.3. The van der Waals surface area contributed by atoms with Gasteiger partial charge < -0.3 is 10.3 Å². The molecule has 0 fully saturated rings. The molecule has 4 heteroatoms. The van der Waals surface area contributed by atoms with E-state index in [2.05, 4.69) is 39.0 Å². The van der Waals surface area contributed by atoms with Crippen LogP contribution < -0.4 is 5.73 Å². The summed E-state index contributed by atoms with van der Waals surface area (Å²) >= 11 is 0. The van der Waals surface area contributed by atoms with Crippen molar-refractivity contribution in [2.24, 2.45) is 5.73 Å². The molecule has 3 rings (SSSR count). The first kappa shape index (κ1) is 11.4. The van der Waals surface area contributed by atoms with E-state index in [9.17, 15) is 0 Å². The van der Waals surface area contributed by atoms with Crippen molar-refractivity contribution in [3.8, 4) is 11.4 Å². The van der Waals surface area contributed by atoms with Crippen LogP contribution in [0.3, 0.4) is 0 Å². The van der Waals surface area contributed by atoms with Gasteiger partial charge in [0.05, 0.1) is 0 Å². The summed E-state index contributed by atoms with van der Waals surface area (Å²) in [5.74, 6) is 2.13. The van der Waals surface area contributed by atoms with Crippen LogP contribution in [-0.2, 0) is 19.4 Å². The van der Waals surface area contributed by atoms with Gasteiger partial charge in [-0.15, -0.1) is 10.2 Å². The zero-order chi connectivity index (χ0) is 12.4. The Hall–Kier alpha value is -1.68. The minimum absolute atomic E-state index is 0.682. The molecule has 0 aliphatic carbocycles. The minimum Gasteiger partial charge on any atom is -0.330 e. The standard InChI is InChI=1S/C14H18N4/c15-8-7-11-4-3-5-12(10-11)14-17-16-13-6-1-2-9-18(13)14/h3-5,10H,1-2,6-9,15H2. The van der Waals surface area contributed by atoms with E-state index in [1.54, 1.807) is 0 Å². The molecule has 2 N–H and O–H groups in total. The Morgan fingerprint density at radius 3 is 3.06 bits per heavy atom. The number of nitrogens with zero attached hydrogens (tertiary/aromatic N) is 3. The predicted octanol–water partition coefficient (Wildman–Crippen LogP) is 1.78. The monoisotopic (exact) mass is 242 g/mol. The molecule has 2 heterocycles. The topological polar surface area (TPSA) is 56.7 Å². The molecular weight excluding hydrogens is 224 g/mol. The summed E-state index contributed by atoms with van der Waals surface area (Å²) in [4.78, 5) is 0. The average Bonchev–Trinajstić information content (AvgIpc) is 2.83. The molecule has 1 aromatic carbocycles. The molecule has 2 aromatic rings. The lowest BCUT2D eigenvalue weighted by Gasteiger charge is -2.14. The summed E-state index contributed by atoms with van der Waals surface area (Å²) in [7, 11) is 0. The van der Waals surface area contributed by atoms with Crippen LogP contribution in [-0.4, -0.2) is 21.3 Å². The Bertz CT molecular complexity index is 544. The number of hydrogen-bond acceptors (Lipinski definition) is 3. The highest BCUT2D eigenvalue weighted by Gasteiger charge is 2.16. The highest BCUT2D eigenvalue weighted by Crippen LogP contribution is 2.23. The van der Waals surface area contributed by atoms with Gasteiger partial charge in [0, 0.05) is 18.5 Å². The Labute approximate surface area is 107 Å². The summed E-state index contributed by atoms with van der Waals surface area (Å²) in [6.45, 7) is 1.72. The van der Waals surface area contributed by atoms with E-state index in [1.807, 2.05) is 0 Å². The van der Waals surface area contributed by atoms with Crippen LogP contribution in [0.1, 0.15) is 24.2 Å². The van der Waals surface area contributed by atoms with Gasteiger partial charge in [-0.2, -0.15) is 0 Å². The molecule has 0 saturated heterocycles. The van der Waals surface area contributed by atoms with Gasteiger partial charge in [0.2, 0.25) is 0 Å². The maximum Gasteiger partial charge on any atom is 0.163 e. The first-order chi connectivity index (χ1) is 8.88. The number of aryl methyl sites for hydroxylation is 1. The minimum atomic E-state index is 0.682. The number of rotatable bonds is 3. The second kappa shape index (κ2) is 4.90. The number of hydrogen-bond donors (Lipinski definition) is 1. The molecule has 18 heavy (non-hydrogen) atoms. The molecule has 0 unspecified atom stereocenters. The molecule has 0 bridgehead atoms. The molecule has 0 saturated carbocycles. The number of aromatic nitrogens is 3. The van der Waals surface area contributed by atoms with Gasteiger partial charge in [-0.05, 0) is 37.4 Å². The van der Waals surface area contributed by atoms with Crippen molar-refractivity contribution < 1.29 is 0 Å². The molecule has 1 aliphatic heterocycles. The SMILES string of the molecule is NCCc1cccc(-c2nnc3n2CCCC3)c1. The zero-order valence-corrected chi connectivity index (χ0v) is 10.5. The van der Waals surface area contributed by atoms with Crippen LogP contribution in [0.4, 0.5) is 0 Å². The highest BCUT2D eigenvalue weighted by molar-refractivity contribution is 5.56. The Morgan fingerprint density at radius 2 is 2.17 bits per heavy atom. The number of benzene rings is 1. The Balaban J connectivity index is 1.99. The number of nitrogens with two attached hydrogens (primary N) is 1. The first-order valence-corrected chi connectivity index (χ1v) is 6.60. The molecule has 0 radical (unpaired) electrons. The number of fused-ring (bicyclic) bond motifs is 1. The van der Waals surface area contributed by atoms with E-state index in [0.717, 1.165) is 36.6 Å². The maximum atomic E-state index is 5.61. The first-order valence-electron chi connectivity index (χ1n) is 6.60. The third-order valence-electron chi connectivity index (χ3n) is 3.48. The Morgan fingerprint density at radius 1 is 1.22 bits per heavy atom. The van der Waals surface area contributed by atoms with Crippen LogP contribution >= 0.6 is 0 Å². The van der Waals surface area contributed by atoms with Crippen molar-refractivity contribution in [2.45, 2.75) is 32.2 Å². The van der Waals surface area contributed by atoms with E-state index < -0.39 is 0 Å². The van der Waals surface area contributed by atoms with Crippen molar-refractivity contribution in [1.82, 2.24) is 14.8 Å². The lowest BCUT2D eigenvalue weighted by molar-refractivity contribution is 0.526. The van der Waals surface area contributed by atoms with Gasteiger partial charge in [0.15, 0.2) is 5.82 Å². The van der Waals surface area contributed by atoms with Crippen molar-refractivity contribution >= 4 is 0 Å². The fourth-order valence-corrected chi connectivity index (χ4v) is 2.55. The normalized spacial score (nSPS) is 14.5. The van der Waals surface area contributed by atoms with E-state index in [0.29, 0.717) is 6.54 Å². The van der Waals surface area contributed by atoms with Crippen LogP contribution in [0.15, 0.2) is 24.3 Å². The van der Waals surface area contributed by atoms with E-state index >= 15 is 0 Å². The second-order valence-corrected chi connectivity index (χ2v) is 4.79. The van der Waals surface area contributed by atoms with Gasteiger partial charge in [-0.25, -0.2) is 0 Å². The van der Waals surface area contributed by atoms with Crippen molar-refractivity contribution in [2.75, 3.05) is 6.54 Å². The third-order valence-corrected chi connectivity index (χ3v) is 3.48. The molecule has 0 amide bonds. The van der Waals surface area contributed by atoms with Crippen LogP contribution in [0.5, 0.6) is 0 Å². The lowest BCUT2D eigenvalue weighted by atomic mass is 10.1. The van der Waals surface area contributed by atoms with Crippen molar-refractivity contribution in [1.29, 1.82) is 0 Å². The van der Waals surface area contributed by atoms with Crippen LogP contribution in [0, 0.1) is 0 Å². The van der Waals surface area contributed by atoms with Gasteiger partial charge in [-0.1, -0.05) is 18.2 Å². The summed E-state index contributed by atoms with van der Waals surface area (Å²) in [5, 5.41) is 8.65. The predicted molar refractivity (Wildman–Crippen MR) is 71.2 cm³/mol. The largest absolute Gasteiger partial charge is 0.330 e. The van der Waals surface area contributed by atoms with E-state index in [-0.39, 0.29) is 0 Å². The van der Waals surface area contributed by atoms with E-state index in [1.165, 1.54) is 18.4 Å². The van der Waals surface area contributed by atoms with Gasteiger partial charge in [0.25, 0.3) is 0 Å². The molecule has 0 spiro atoms. The smallest absolute Gasteiger partial charge is 0.163 e. The Kier molecular flexibility index (Phi) is 3.11. The fraction of sp³-hybridized carbons (Fsp3) is 0.429. The van der Waals surface area contributed by atoms with Gasteiger partial charge >= 0.3 is 0 Å². The summed E-state index contributed by atoms with van der Waals surface area (Å²) in [6, 6.07) is 8.47. The molecular formula is C14H18N4. The van der Waals surface area contributed by atoms with Crippen molar-refractivity contribution in [3.63, 3.8) is 0 Å². The average molecular weight is 242 g/mol. The summed E-state index contributed by atoms with van der Waals surface area (Å²) < 4.78 is 2.26. The second-order valence-electron chi connectivity index (χ2n) is 4.79. The van der Waals surface area contributed by atoms with Gasteiger partial charge in [0.1, 0.15) is 5.82 Å². The molecule has 1 aromatic heterocycles. The third kappa shape index (κ3) is 2.04. The molecule has 0 atom stereocenters. The molecule has 1 aliphatic rings. The van der Waals surface area contributed by atoms with Gasteiger partial charge in [-0.3, -0.25) is 0 Å². The maximum absolute atomic E-state index is 5.61. The fourth-order valence-electron chi connectivity index (χ4n) is 2.55.